The van der Waals surface area contributed by atoms with Crippen LogP contribution in [0.25, 0.3) is 0 Å². The van der Waals surface area contributed by atoms with Crippen molar-refractivity contribution in [3.63, 3.8) is 0 Å². The number of rotatable bonds is 58. The Hall–Kier alpha value is -2.37. The number of hydrogen-bond donors (Lipinski definition) is 0. The summed E-state index contributed by atoms with van der Waals surface area (Å²) in [5.74, 6) is -0.872. The lowest BCUT2D eigenvalue weighted by atomic mass is 10.0. The summed E-state index contributed by atoms with van der Waals surface area (Å²) in [6, 6.07) is 0. The highest BCUT2D eigenvalue weighted by Gasteiger charge is 2.19. The fourth-order valence-electron chi connectivity index (χ4n) is 9.34. The first-order valence-corrected chi connectivity index (χ1v) is 31.5. The summed E-state index contributed by atoms with van der Waals surface area (Å²) in [5, 5.41) is 0. The van der Waals surface area contributed by atoms with Gasteiger partial charge in [-0.15, -0.1) is 0 Å². The fourth-order valence-corrected chi connectivity index (χ4v) is 9.34. The van der Waals surface area contributed by atoms with Gasteiger partial charge in [0, 0.05) is 19.3 Å². The quantitative estimate of drug-likeness (QED) is 0.0261. The van der Waals surface area contributed by atoms with Gasteiger partial charge < -0.3 is 14.2 Å². The molecule has 0 radical (unpaired) electrons. The third-order valence-corrected chi connectivity index (χ3v) is 14.1. The van der Waals surface area contributed by atoms with Crippen molar-refractivity contribution in [3.05, 3.63) is 36.5 Å². The Labute approximate surface area is 442 Å². The van der Waals surface area contributed by atoms with Gasteiger partial charge in [0.2, 0.25) is 0 Å². The van der Waals surface area contributed by atoms with Crippen molar-refractivity contribution >= 4 is 17.9 Å². The van der Waals surface area contributed by atoms with E-state index in [9.17, 15) is 14.4 Å². The van der Waals surface area contributed by atoms with E-state index in [2.05, 4.69) is 57.2 Å². The van der Waals surface area contributed by atoms with Gasteiger partial charge >= 0.3 is 17.9 Å². The molecule has 0 aliphatic heterocycles. The summed E-state index contributed by atoms with van der Waals surface area (Å²) in [5.41, 5.74) is 0. The standard InChI is InChI=1S/C65H120O6/c1-4-7-10-13-16-18-20-21-22-23-24-25-26-27-28-29-30-31-32-33-34-35-36-37-38-39-40-41-42-43-45-46-49-52-55-58-64(67)70-61-62(60-69-63(66)57-54-51-48-15-12-9-6-3)71-65(68)59-56-53-50-47-44-19-17-14-11-8-5-2/h14,17,20-21,23-24,62H,4-13,15-16,18-19,22,25-61H2,1-3H3/b17-14-,21-20-,24-23-. The zero-order valence-electron chi connectivity index (χ0n) is 47.8. The van der Waals surface area contributed by atoms with Crippen LogP contribution in [0.2, 0.25) is 0 Å². The average Bonchev–Trinajstić information content (AvgIpc) is 3.37. The molecule has 6 nitrogen and oxygen atoms in total. The maximum Gasteiger partial charge on any atom is 0.306 e. The third-order valence-electron chi connectivity index (χ3n) is 14.1. The zero-order valence-corrected chi connectivity index (χ0v) is 47.8. The molecule has 416 valence electrons. The number of ether oxygens (including phenoxy) is 3. The number of allylic oxidation sites excluding steroid dienone is 6. The predicted molar refractivity (Wildman–Crippen MR) is 307 cm³/mol. The summed E-state index contributed by atoms with van der Waals surface area (Å²) in [6.45, 7) is 6.57. The Bertz CT molecular complexity index is 1190. The van der Waals surface area contributed by atoms with E-state index in [1.807, 2.05) is 0 Å². The van der Waals surface area contributed by atoms with Gasteiger partial charge in [0.15, 0.2) is 6.10 Å². The van der Waals surface area contributed by atoms with Crippen LogP contribution in [0.3, 0.4) is 0 Å². The second kappa shape index (κ2) is 60.2. The van der Waals surface area contributed by atoms with E-state index in [-0.39, 0.29) is 31.1 Å². The van der Waals surface area contributed by atoms with Gasteiger partial charge in [0.25, 0.3) is 0 Å². The highest BCUT2D eigenvalue weighted by Crippen LogP contribution is 2.17. The molecule has 0 fully saturated rings. The molecule has 0 aromatic rings. The summed E-state index contributed by atoms with van der Waals surface area (Å²) in [4.78, 5) is 37.8. The highest BCUT2D eigenvalue weighted by atomic mass is 16.6. The van der Waals surface area contributed by atoms with Crippen LogP contribution in [0.15, 0.2) is 36.5 Å². The molecule has 0 aromatic carbocycles. The molecule has 0 rings (SSSR count). The van der Waals surface area contributed by atoms with Crippen LogP contribution >= 0.6 is 0 Å². The molecule has 71 heavy (non-hydrogen) atoms. The smallest absolute Gasteiger partial charge is 0.306 e. The van der Waals surface area contributed by atoms with Crippen LogP contribution in [0, 0.1) is 0 Å². The molecule has 0 aromatic heterocycles. The Balaban J connectivity index is 3.85. The lowest BCUT2D eigenvalue weighted by molar-refractivity contribution is -0.167. The van der Waals surface area contributed by atoms with E-state index in [4.69, 9.17) is 14.2 Å². The van der Waals surface area contributed by atoms with Gasteiger partial charge in [0.05, 0.1) is 0 Å². The predicted octanol–water partition coefficient (Wildman–Crippen LogP) is 21.2. The van der Waals surface area contributed by atoms with Gasteiger partial charge in [0.1, 0.15) is 13.2 Å². The molecule has 0 aliphatic carbocycles. The van der Waals surface area contributed by atoms with Crippen molar-refractivity contribution in [1.82, 2.24) is 0 Å². The van der Waals surface area contributed by atoms with Crippen LogP contribution in [-0.2, 0) is 28.6 Å². The maximum absolute atomic E-state index is 12.7. The Morgan fingerprint density at radius 2 is 0.521 bits per heavy atom. The van der Waals surface area contributed by atoms with Crippen molar-refractivity contribution in [1.29, 1.82) is 0 Å². The molecular weight excluding hydrogens is 877 g/mol. The lowest BCUT2D eigenvalue weighted by Crippen LogP contribution is -2.30. The van der Waals surface area contributed by atoms with Crippen molar-refractivity contribution < 1.29 is 28.6 Å². The molecule has 0 saturated carbocycles. The van der Waals surface area contributed by atoms with Crippen molar-refractivity contribution in [2.45, 2.75) is 348 Å². The molecule has 1 unspecified atom stereocenters. The number of unbranched alkanes of at least 4 members (excludes halogenated alkanes) is 41. The van der Waals surface area contributed by atoms with Crippen molar-refractivity contribution in [2.24, 2.45) is 0 Å². The minimum Gasteiger partial charge on any atom is -0.462 e. The van der Waals surface area contributed by atoms with E-state index in [0.29, 0.717) is 19.3 Å². The molecule has 0 amide bonds. The van der Waals surface area contributed by atoms with Gasteiger partial charge in [-0.3, -0.25) is 14.4 Å². The van der Waals surface area contributed by atoms with Crippen molar-refractivity contribution in [3.8, 4) is 0 Å². The van der Waals surface area contributed by atoms with Crippen LogP contribution in [0.4, 0.5) is 0 Å². The average molecular weight is 998 g/mol. The van der Waals surface area contributed by atoms with E-state index < -0.39 is 6.10 Å². The summed E-state index contributed by atoms with van der Waals surface area (Å²) >= 11 is 0. The van der Waals surface area contributed by atoms with E-state index in [0.717, 1.165) is 70.6 Å². The van der Waals surface area contributed by atoms with Gasteiger partial charge in [-0.2, -0.15) is 0 Å². The van der Waals surface area contributed by atoms with Gasteiger partial charge in [-0.25, -0.2) is 0 Å². The van der Waals surface area contributed by atoms with Crippen LogP contribution in [0.5, 0.6) is 0 Å². The molecule has 1 atom stereocenters. The molecule has 0 spiro atoms. The first-order chi connectivity index (χ1) is 35.0. The fraction of sp³-hybridized carbons (Fsp3) is 0.862. The van der Waals surface area contributed by atoms with Crippen LogP contribution in [-0.4, -0.2) is 37.2 Å². The monoisotopic (exact) mass is 997 g/mol. The molecule has 0 heterocycles. The minimum atomic E-state index is -0.769. The highest BCUT2D eigenvalue weighted by molar-refractivity contribution is 5.71. The zero-order chi connectivity index (χ0) is 51.4. The second-order valence-electron chi connectivity index (χ2n) is 21.3. The first kappa shape index (κ1) is 68.6. The maximum atomic E-state index is 12.7. The van der Waals surface area contributed by atoms with Crippen LogP contribution in [0.1, 0.15) is 342 Å². The minimum absolute atomic E-state index is 0.0708. The van der Waals surface area contributed by atoms with E-state index >= 15 is 0 Å². The summed E-state index contributed by atoms with van der Waals surface area (Å²) < 4.78 is 16.8. The SMILES string of the molecule is CCCC/C=C\CCCCCCCC(=O)OC(COC(=O)CCCCCCCCC)COC(=O)CCCCCCCCCCCCCCCCCCCCCCCCC/C=C\C/C=C\CCCCCCC. The Kier molecular flexibility index (Phi) is 58.2. The number of esters is 3. The van der Waals surface area contributed by atoms with Gasteiger partial charge in [-0.1, -0.05) is 288 Å². The van der Waals surface area contributed by atoms with Crippen molar-refractivity contribution in [2.75, 3.05) is 13.2 Å². The Morgan fingerprint density at radius 1 is 0.282 bits per heavy atom. The van der Waals surface area contributed by atoms with E-state index in [1.165, 1.54) is 231 Å². The number of carbonyl (C=O) groups excluding carboxylic acids is 3. The lowest BCUT2D eigenvalue weighted by Gasteiger charge is -2.18. The van der Waals surface area contributed by atoms with Gasteiger partial charge in [-0.05, 0) is 70.6 Å². The largest absolute Gasteiger partial charge is 0.462 e. The molecule has 0 saturated heterocycles. The summed E-state index contributed by atoms with van der Waals surface area (Å²) in [6.07, 6.45) is 73.5. The van der Waals surface area contributed by atoms with Crippen LogP contribution < -0.4 is 0 Å². The molecule has 6 heteroatoms. The number of carbonyl (C=O) groups is 3. The third kappa shape index (κ3) is 58.4. The molecular formula is C65H120O6. The number of hydrogen-bond acceptors (Lipinski definition) is 6. The molecule has 0 bridgehead atoms. The Morgan fingerprint density at radius 3 is 0.831 bits per heavy atom. The molecule has 0 aliphatic rings. The summed E-state index contributed by atoms with van der Waals surface area (Å²) in [7, 11) is 0. The van der Waals surface area contributed by atoms with E-state index in [1.54, 1.807) is 0 Å². The topological polar surface area (TPSA) is 78.9 Å². The first-order valence-electron chi connectivity index (χ1n) is 31.5. The normalized spacial score (nSPS) is 12.2. The second-order valence-corrected chi connectivity index (χ2v) is 21.3. The molecule has 0 N–H and O–H groups in total.